The minimum atomic E-state index is 0.0602. The molecular formula is C19H22N4O2. The number of rotatable bonds is 6. The van der Waals surface area contributed by atoms with Crippen molar-refractivity contribution >= 4 is 5.91 Å². The van der Waals surface area contributed by atoms with Crippen LogP contribution >= 0.6 is 0 Å². The zero-order valence-electron chi connectivity index (χ0n) is 14.4. The molecule has 1 amide bonds. The molecular weight excluding hydrogens is 316 g/mol. The van der Waals surface area contributed by atoms with Crippen LogP contribution in [0.15, 0.2) is 47.3 Å². The van der Waals surface area contributed by atoms with E-state index in [0.29, 0.717) is 19.6 Å². The van der Waals surface area contributed by atoms with Gasteiger partial charge >= 0.3 is 0 Å². The number of furan rings is 1. The Morgan fingerprint density at radius 3 is 2.84 bits per heavy atom. The lowest BCUT2D eigenvalue weighted by molar-refractivity contribution is -0.133. The van der Waals surface area contributed by atoms with Crippen molar-refractivity contribution < 1.29 is 9.21 Å². The number of amides is 1. The quantitative estimate of drug-likeness (QED) is 0.694. The third-order valence-electron chi connectivity index (χ3n) is 4.80. The Hall–Kier alpha value is -2.76. The lowest BCUT2D eigenvalue weighted by atomic mass is 10.2. The van der Waals surface area contributed by atoms with Crippen molar-refractivity contribution in [2.45, 2.75) is 38.9 Å². The number of carbonyl (C=O) groups is 1. The van der Waals surface area contributed by atoms with Gasteiger partial charge < -0.3 is 13.9 Å². The van der Waals surface area contributed by atoms with E-state index in [4.69, 9.17) is 4.42 Å². The average molecular weight is 338 g/mol. The maximum atomic E-state index is 12.9. The van der Waals surface area contributed by atoms with Crippen LogP contribution in [-0.4, -0.2) is 25.2 Å². The Bertz CT molecular complexity index is 847. The fourth-order valence-electron chi connectivity index (χ4n) is 3.56. The van der Waals surface area contributed by atoms with Crippen LogP contribution in [0.2, 0.25) is 0 Å². The predicted octanol–water partition coefficient (Wildman–Crippen LogP) is 2.53. The van der Waals surface area contributed by atoms with Crippen LogP contribution in [0, 0.1) is 0 Å². The van der Waals surface area contributed by atoms with E-state index in [-0.39, 0.29) is 5.91 Å². The summed E-state index contributed by atoms with van der Waals surface area (Å²) >= 11 is 0. The lowest BCUT2D eigenvalue weighted by Gasteiger charge is -2.21. The van der Waals surface area contributed by atoms with Crippen LogP contribution in [0.5, 0.6) is 0 Å². The van der Waals surface area contributed by atoms with E-state index in [1.807, 2.05) is 57.9 Å². The molecule has 0 N–H and O–H groups in total. The van der Waals surface area contributed by atoms with Gasteiger partial charge in [-0.25, -0.2) is 0 Å². The molecule has 0 fully saturated rings. The van der Waals surface area contributed by atoms with E-state index in [1.165, 1.54) is 17.7 Å². The third-order valence-corrected chi connectivity index (χ3v) is 4.80. The van der Waals surface area contributed by atoms with Crippen LogP contribution in [0.4, 0.5) is 0 Å². The fraction of sp³-hybridized carbons (Fsp3) is 0.368. The van der Waals surface area contributed by atoms with E-state index < -0.39 is 0 Å². The van der Waals surface area contributed by atoms with E-state index in [9.17, 15) is 4.79 Å². The molecule has 0 atom stereocenters. The molecule has 6 nitrogen and oxygen atoms in total. The van der Waals surface area contributed by atoms with Crippen molar-refractivity contribution in [2.24, 2.45) is 7.05 Å². The molecule has 6 heteroatoms. The molecule has 0 spiro atoms. The predicted molar refractivity (Wildman–Crippen MR) is 92.6 cm³/mol. The SMILES string of the molecule is Cn1nc(CN(Cc2ccco2)C(=O)Cn2cccc2)c2c1CCC2. The summed E-state index contributed by atoms with van der Waals surface area (Å²) in [4.78, 5) is 14.7. The summed E-state index contributed by atoms with van der Waals surface area (Å²) in [7, 11) is 1.99. The van der Waals surface area contributed by atoms with Crippen molar-refractivity contribution in [1.29, 1.82) is 0 Å². The Kier molecular flexibility index (Phi) is 4.17. The molecule has 25 heavy (non-hydrogen) atoms. The van der Waals surface area contributed by atoms with Gasteiger partial charge in [0.1, 0.15) is 12.3 Å². The maximum Gasteiger partial charge on any atom is 0.243 e. The summed E-state index contributed by atoms with van der Waals surface area (Å²) in [5.74, 6) is 0.846. The number of hydrogen-bond acceptors (Lipinski definition) is 3. The van der Waals surface area contributed by atoms with Gasteiger partial charge in [-0.1, -0.05) is 0 Å². The summed E-state index contributed by atoms with van der Waals surface area (Å²) < 4.78 is 9.32. The topological polar surface area (TPSA) is 56.2 Å². The second kappa shape index (κ2) is 6.63. The van der Waals surface area contributed by atoms with Gasteiger partial charge in [0, 0.05) is 25.1 Å². The molecule has 0 saturated heterocycles. The zero-order chi connectivity index (χ0) is 17.2. The number of aryl methyl sites for hydroxylation is 1. The number of fused-ring (bicyclic) bond motifs is 1. The standard InChI is InChI=1S/C19H22N4O2/c1-21-18-8-4-7-16(18)17(20-21)13-23(12-15-6-5-11-25-15)19(24)14-22-9-2-3-10-22/h2-3,5-6,9-11H,4,7-8,12-14H2,1H3. The van der Waals surface area contributed by atoms with Gasteiger partial charge in [0.25, 0.3) is 0 Å². The van der Waals surface area contributed by atoms with Gasteiger partial charge in [-0.15, -0.1) is 0 Å². The smallest absolute Gasteiger partial charge is 0.243 e. The monoisotopic (exact) mass is 338 g/mol. The molecule has 3 aromatic heterocycles. The molecule has 1 aliphatic carbocycles. The van der Waals surface area contributed by atoms with Gasteiger partial charge in [0.15, 0.2) is 0 Å². The van der Waals surface area contributed by atoms with Crippen molar-refractivity contribution in [3.63, 3.8) is 0 Å². The van der Waals surface area contributed by atoms with E-state index in [1.54, 1.807) is 6.26 Å². The van der Waals surface area contributed by atoms with Crippen LogP contribution in [0.3, 0.4) is 0 Å². The summed E-state index contributed by atoms with van der Waals surface area (Å²) in [6, 6.07) is 7.60. The highest BCUT2D eigenvalue weighted by Crippen LogP contribution is 2.26. The number of nitrogens with zero attached hydrogens (tertiary/aromatic N) is 4. The van der Waals surface area contributed by atoms with E-state index >= 15 is 0 Å². The van der Waals surface area contributed by atoms with Crippen LogP contribution in [0.25, 0.3) is 0 Å². The highest BCUT2D eigenvalue weighted by atomic mass is 16.3. The summed E-state index contributed by atoms with van der Waals surface area (Å²) in [5.41, 5.74) is 3.65. The largest absolute Gasteiger partial charge is 0.467 e. The normalized spacial score (nSPS) is 13.2. The maximum absolute atomic E-state index is 12.9. The molecule has 0 saturated carbocycles. The fourth-order valence-corrected chi connectivity index (χ4v) is 3.56. The lowest BCUT2D eigenvalue weighted by Crippen LogP contribution is -2.33. The van der Waals surface area contributed by atoms with E-state index in [2.05, 4.69) is 5.10 Å². The molecule has 1 aliphatic rings. The highest BCUT2D eigenvalue weighted by Gasteiger charge is 2.24. The number of hydrogen-bond donors (Lipinski definition) is 0. The molecule has 0 radical (unpaired) electrons. The highest BCUT2D eigenvalue weighted by molar-refractivity contribution is 5.76. The van der Waals surface area contributed by atoms with Crippen molar-refractivity contribution in [3.05, 3.63) is 65.6 Å². The first-order valence-electron chi connectivity index (χ1n) is 8.65. The van der Waals surface area contributed by atoms with Gasteiger partial charge in [-0.3, -0.25) is 9.48 Å². The zero-order valence-corrected chi connectivity index (χ0v) is 14.4. The van der Waals surface area contributed by atoms with E-state index in [0.717, 1.165) is 24.3 Å². The minimum Gasteiger partial charge on any atom is -0.467 e. The first-order chi connectivity index (χ1) is 12.2. The van der Waals surface area contributed by atoms with Crippen molar-refractivity contribution in [1.82, 2.24) is 19.2 Å². The van der Waals surface area contributed by atoms with Gasteiger partial charge in [-0.05, 0) is 49.1 Å². The molecule has 130 valence electrons. The Morgan fingerprint density at radius 2 is 2.08 bits per heavy atom. The van der Waals surface area contributed by atoms with Gasteiger partial charge in [0.2, 0.25) is 5.91 Å². The van der Waals surface area contributed by atoms with Crippen LogP contribution < -0.4 is 0 Å². The summed E-state index contributed by atoms with van der Waals surface area (Å²) in [5, 5.41) is 4.67. The Morgan fingerprint density at radius 1 is 1.24 bits per heavy atom. The Labute approximate surface area is 146 Å². The van der Waals surface area contributed by atoms with Crippen LogP contribution in [0.1, 0.15) is 29.1 Å². The summed E-state index contributed by atoms with van der Waals surface area (Å²) in [6.45, 7) is 1.30. The molecule has 3 heterocycles. The van der Waals surface area contributed by atoms with Crippen LogP contribution in [-0.2, 0) is 44.3 Å². The molecule has 0 bridgehead atoms. The molecule has 0 aromatic carbocycles. The number of carbonyl (C=O) groups excluding carboxylic acids is 1. The second-order valence-corrected chi connectivity index (χ2v) is 6.53. The summed E-state index contributed by atoms with van der Waals surface area (Å²) in [6.07, 6.45) is 8.75. The minimum absolute atomic E-state index is 0.0602. The third kappa shape index (κ3) is 3.24. The first-order valence-corrected chi connectivity index (χ1v) is 8.65. The Balaban J connectivity index is 1.56. The molecule has 0 aliphatic heterocycles. The first kappa shape index (κ1) is 15.7. The van der Waals surface area contributed by atoms with Crippen molar-refractivity contribution in [3.8, 4) is 0 Å². The average Bonchev–Trinajstić information content (AvgIpc) is 3.35. The van der Waals surface area contributed by atoms with Gasteiger partial charge in [0.05, 0.1) is 25.0 Å². The molecule has 0 unspecified atom stereocenters. The molecule has 3 aromatic rings. The molecule has 4 rings (SSSR count). The second-order valence-electron chi connectivity index (χ2n) is 6.53. The van der Waals surface area contributed by atoms with Crippen molar-refractivity contribution in [2.75, 3.05) is 0 Å². The number of aromatic nitrogens is 3. The van der Waals surface area contributed by atoms with Gasteiger partial charge in [-0.2, -0.15) is 5.10 Å².